The van der Waals surface area contributed by atoms with Crippen LogP contribution >= 0.6 is 15.9 Å². The molecule has 0 heterocycles. The number of carbonyl (C=O) groups is 1. The number of aldehydes is 1. The summed E-state index contributed by atoms with van der Waals surface area (Å²) in [6, 6.07) is 13.6. The van der Waals surface area contributed by atoms with Gasteiger partial charge in [-0.2, -0.15) is 0 Å². The molecule has 0 saturated heterocycles. The van der Waals surface area contributed by atoms with Gasteiger partial charge in [0.1, 0.15) is 12.4 Å². The Morgan fingerprint density at radius 1 is 1.17 bits per heavy atom. The van der Waals surface area contributed by atoms with Crippen molar-refractivity contribution in [3.05, 3.63) is 63.6 Å². The van der Waals surface area contributed by atoms with Gasteiger partial charge in [-0.1, -0.05) is 42.5 Å². The summed E-state index contributed by atoms with van der Waals surface area (Å²) in [5, 5.41) is 0. The lowest BCUT2D eigenvalue weighted by Gasteiger charge is -2.12. The molecule has 0 atom stereocenters. The largest absolute Gasteiger partial charge is 0.487 e. The van der Waals surface area contributed by atoms with Gasteiger partial charge in [-0.05, 0) is 34.0 Å². The van der Waals surface area contributed by atoms with Crippen LogP contribution in [0.2, 0.25) is 0 Å². The van der Waals surface area contributed by atoms with Crippen LogP contribution in [0.4, 0.5) is 0 Å². The van der Waals surface area contributed by atoms with Crippen LogP contribution in [0, 0.1) is 6.92 Å². The van der Waals surface area contributed by atoms with E-state index in [0.717, 1.165) is 23.2 Å². The molecule has 0 fully saturated rings. The molecule has 0 N–H and O–H groups in total. The van der Waals surface area contributed by atoms with E-state index in [1.165, 1.54) is 0 Å². The number of halogens is 1. The van der Waals surface area contributed by atoms with E-state index in [9.17, 15) is 4.79 Å². The predicted molar refractivity (Wildman–Crippen MR) is 75.0 cm³/mol. The topological polar surface area (TPSA) is 26.3 Å². The Hall–Kier alpha value is -1.61. The van der Waals surface area contributed by atoms with Crippen molar-refractivity contribution in [3.8, 4) is 5.75 Å². The molecule has 3 heteroatoms. The highest BCUT2D eigenvalue weighted by Crippen LogP contribution is 2.32. The second-order valence-corrected chi connectivity index (χ2v) is 4.80. The van der Waals surface area contributed by atoms with Crippen molar-refractivity contribution in [2.24, 2.45) is 0 Å². The van der Waals surface area contributed by atoms with Crippen LogP contribution in [0.3, 0.4) is 0 Å². The third kappa shape index (κ3) is 2.79. The highest BCUT2D eigenvalue weighted by Gasteiger charge is 2.09. The SMILES string of the molecule is Cc1ccc(C=O)c(Br)c1OCc1ccccc1. The monoisotopic (exact) mass is 304 g/mol. The molecule has 2 aromatic carbocycles. The van der Waals surface area contributed by atoms with Gasteiger partial charge in [0.15, 0.2) is 6.29 Å². The second kappa shape index (κ2) is 5.83. The van der Waals surface area contributed by atoms with Crippen LogP contribution in [-0.4, -0.2) is 6.29 Å². The van der Waals surface area contributed by atoms with E-state index < -0.39 is 0 Å². The lowest BCUT2D eigenvalue weighted by Crippen LogP contribution is -1.99. The second-order valence-electron chi connectivity index (χ2n) is 4.01. The average Bonchev–Trinajstić information content (AvgIpc) is 2.40. The van der Waals surface area contributed by atoms with E-state index in [1.807, 2.05) is 43.3 Å². The molecule has 0 bridgehead atoms. The van der Waals surface area contributed by atoms with E-state index in [1.54, 1.807) is 6.07 Å². The first-order valence-electron chi connectivity index (χ1n) is 5.63. The van der Waals surface area contributed by atoms with Gasteiger partial charge in [0.05, 0.1) is 4.47 Å². The summed E-state index contributed by atoms with van der Waals surface area (Å²) in [5.74, 6) is 0.725. The van der Waals surface area contributed by atoms with Crippen LogP contribution in [0.25, 0.3) is 0 Å². The fourth-order valence-electron chi connectivity index (χ4n) is 1.67. The average molecular weight is 305 g/mol. The molecule has 0 unspecified atom stereocenters. The van der Waals surface area contributed by atoms with Crippen molar-refractivity contribution in [3.63, 3.8) is 0 Å². The lowest BCUT2D eigenvalue weighted by atomic mass is 10.1. The zero-order valence-electron chi connectivity index (χ0n) is 10.0. The zero-order chi connectivity index (χ0) is 13.0. The van der Waals surface area contributed by atoms with Gasteiger partial charge in [-0.25, -0.2) is 0 Å². The maximum Gasteiger partial charge on any atom is 0.151 e. The Labute approximate surface area is 115 Å². The standard InChI is InChI=1S/C15H13BrO2/c1-11-7-8-13(9-17)14(16)15(11)18-10-12-5-3-2-4-6-12/h2-9H,10H2,1H3. The van der Waals surface area contributed by atoms with Crippen molar-refractivity contribution in [1.29, 1.82) is 0 Å². The molecular weight excluding hydrogens is 292 g/mol. The summed E-state index contributed by atoms with van der Waals surface area (Å²) >= 11 is 3.41. The number of aryl methyl sites for hydroxylation is 1. The number of hydrogen-bond donors (Lipinski definition) is 0. The van der Waals surface area contributed by atoms with Crippen molar-refractivity contribution >= 4 is 22.2 Å². The number of hydrogen-bond acceptors (Lipinski definition) is 2. The van der Waals surface area contributed by atoms with Gasteiger partial charge in [0, 0.05) is 5.56 Å². The molecule has 92 valence electrons. The molecule has 0 aliphatic carbocycles. The number of rotatable bonds is 4. The summed E-state index contributed by atoms with van der Waals surface area (Å²) in [6.07, 6.45) is 0.818. The summed E-state index contributed by atoms with van der Waals surface area (Å²) in [6.45, 7) is 2.45. The van der Waals surface area contributed by atoms with Gasteiger partial charge in [-0.3, -0.25) is 4.79 Å². The molecule has 0 radical (unpaired) electrons. The summed E-state index contributed by atoms with van der Waals surface area (Å²) in [4.78, 5) is 10.9. The molecule has 0 aliphatic heterocycles. The minimum atomic E-state index is 0.489. The first-order valence-corrected chi connectivity index (χ1v) is 6.42. The third-order valence-corrected chi connectivity index (χ3v) is 3.49. The lowest BCUT2D eigenvalue weighted by molar-refractivity contribution is 0.112. The van der Waals surface area contributed by atoms with E-state index in [2.05, 4.69) is 15.9 Å². The van der Waals surface area contributed by atoms with Gasteiger partial charge >= 0.3 is 0 Å². The zero-order valence-corrected chi connectivity index (χ0v) is 11.6. The molecule has 0 amide bonds. The minimum absolute atomic E-state index is 0.489. The van der Waals surface area contributed by atoms with Gasteiger partial charge in [0.2, 0.25) is 0 Å². The van der Waals surface area contributed by atoms with Gasteiger partial charge in [-0.15, -0.1) is 0 Å². The Morgan fingerprint density at radius 3 is 2.56 bits per heavy atom. The number of ether oxygens (including phenoxy) is 1. The first-order chi connectivity index (χ1) is 8.72. The van der Waals surface area contributed by atoms with Gasteiger partial charge in [0.25, 0.3) is 0 Å². The molecule has 0 aromatic heterocycles. The molecule has 2 nitrogen and oxygen atoms in total. The molecule has 0 aliphatic rings. The number of benzene rings is 2. The van der Waals surface area contributed by atoms with E-state index in [4.69, 9.17) is 4.74 Å². The molecule has 0 saturated carbocycles. The van der Waals surface area contributed by atoms with Gasteiger partial charge < -0.3 is 4.74 Å². The van der Waals surface area contributed by atoms with Crippen molar-refractivity contribution in [1.82, 2.24) is 0 Å². The van der Waals surface area contributed by atoms with Crippen molar-refractivity contribution in [2.75, 3.05) is 0 Å². The fourth-order valence-corrected chi connectivity index (χ4v) is 2.32. The summed E-state index contributed by atoms with van der Waals surface area (Å²) in [7, 11) is 0. The predicted octanol–water partition coefficient (Wildman–Crippen LogP) is 4.15. The molecule has 0 spiro atoms. The first kappa shape index (κ1) is 12.8. The third-order valence-electron chi connectivity index (χ3n) is 2.68. The smallest absolute Gasteiger partial charge is 0.151 e. The van der Waals surface area contributed by atoms with Crippen LogP contribution in [0.1, 0.15) is 21.5 Å². The fraction of sp³-hybridized carbons (Fsp3) is 0.133. The minimum Gasteiger partial charge on any atom is -0.487 e. The molecule has 2 rings (SSSR count). The molecule has 2 aromatic rings. The van der Waals surface area contributed by atoms with Crippen molar-refractivity contribution < 1.29 is 9.53 Å². The Kier molecular flexibility index (Phi) is 4.15. The highest BCUT2D eigenvalue weighted by molar-refractivity contribution is 9.10. The Balaban J connectivity index is 2.21. The number of carbonyl (C=O) groups excluding carboxylic acids is 1. The van der Waals surface area contributed by atoms with E-state index in [-0.39, 0.29) is 0 Å². The molecular formula is C15H13BrO2. The van der Waals surface area contributed by atoms with Crippen LogP contribution in [-0.2, 0) is 6.61 Å². The maximum absolute atomic E-state index is 10.9. The van der Waals surface area contributed by atoms with Crippen LogP contribution < -0.4 is 4.74 Å². The normalized spacial score (nSPS) is 10.1. The van der Waals surface area contributed by atoms with E-state index >= 15 is 0 Å². The highest BCUT2D eigenvalue weighted by atomic mass is 79.9. The van der Waals surface area contributed by atoms with E-state index in [0.29, 0.717) is 16.6 Å². The van der Waals surface area contributed by atoms with Crippen LogP contribution in [0.5, 0.6) is 5.75 Å². The van der Waals surface area contributed by atoms with Crippen molar-refractivity contribution in [2.45, 2.75) is 13.5 Å². The quantitative estimate of drug-likeness (QED) is 0.793. The molecule has 18 heavy (non-hydrogen) atoms. The summed E-state index contributed by atoms with van der Waals surface area (Å²) in [5.41, 5.74) is 2.70. The Morgan fingerprint density at radius 2 is 1.89 bits per heavy atom. The Bertz CT molecular complexity index is 550. The summed E-state index contributed by atoms with van der Waals surface area (Å²) < 4.78 is 6.51. The van der Waals surface area contributed by atoms with Crippen LogP contribution in [0.15, 0.2) is 46.9 Å². The maximum atomic E-state index is 10.9.